The summed E-state index contributed by atoms with van der Waals surface area (Å²) in [6.45, 7) is 1.36. The largest absolute Gasteiger partial charge is 0.366 e. The first-order valence-electron chi connectivity index (χ1n) is 7.18. The lowest BCUT2D eigenvalue weighted by Crippen LogP contribution is -2.53. The Bertz CT molecular complexity index is 790. The zero-order chi connectivity index (χ0) is 15.3. The third-order valence-electron chi connectivity index (χ3n) is 4.35. The van der Waals surface area contributed by atoms with E-state index in [0.29, 0.717) is 35.1 Å². The minimum Gasteiger partial charge on any atom is -0.366 e. The molecule has 5 heteroatoms. The molecule has 22 heavy (non-hydrogen) atoms. The molecule has 112 valence electrons. The van der Waals surface area contributed by atoms with Crippen molar-refractivity contribution in [3.8, 4) is 0 Å². The van der Waals surface area contributed by atoms with Crippen molar-refractivity contribution in [2.24, 2.45) is 4.99 Å². The smallest absolute Gasteiger partial charge is 0.171 e. The minimum absolute atomic E-state index is 0.473. The molecule has 2 aromatic rings. The maximum atomic E-state index is 11.4. The molecule has 2 aliphatic rings. The summed E-state index contributed by atoms with van der Waals surface area (Å²) in [5.74, 6) is 0.843. The van der Waals surface area contributed by atoms with E-state index in [2.05, 4.69) is 11.1 Å². The van der Waals surface area contributed by atoms with Crippen molar-refractivity contribution in [2.45, 2.75) is 12.1 Å². The maximum Gasteiger partial charge on any atom is 0.171 e. The average molecular weight is 333 g/mol. The topological polar surface area (TPSA) is 35.8 Å². The average Bonchev–Trinajstić information content (AvgIpc) is 2.98. The van der Waals surface area contributed by atoms with E-state index in [0.717, 1.165) is 17.0 Å². The van der Waals surface area contributed by atoms with Gasteiger partial charge < -0.3 is 10.0 Å². The molecular weight excluding hydrogens is 319 g/mol. The predicted molar refractivity (Wildman–Crippen MR) is 88.6 cm³/mol. The zero-order valence-corrected chi connectivity index (χ0v) is 13.3. The minimum atomic E-state index is -1.19. The Morgan fingerprint density at radius 3 is 2.77 bits per heavy atom. The van der Waals surface area contributed by atoms with Crippen LogP contribution in [0.4, 0.5) is 0 Å². The molecule has 3 nitrogen and oxygen atoms in total. The van der Waals surface area contributed by atoms with Gasteiger partial charge in [-0.25, -0.2) is 0 Å². The summed E-state index contributed by atoms with van der Waals surface area (Å²) >= 11 is 12.3. The molecule has 0 bridgehead atoms. The summed E-state index contributed by atoms with van der Waals surface area (Å²) in [5.41, 5.74) is 1.65. The van der Waals surface area contributed by atoms with Gasteiger partial charge in [0.1, 0.15) is 5.84 Å². The Morgan fingerprint density at radius 1 is 1.14 bits per heavy atom. The van der Waals surface area contributed by atoms with Crippen LogP contribution in [0.2, 0.25) is 10.0 Å². The van der Waals surface area contributed by atoms with E-state index < -0.39 is 5.72 Å². The van der Waals surface area contributed by atoms with Crippen molar-refractivity contribution in [1.82, 2.24) is 4.90 Å². The second-order valence-electron chi connectivity index (χ2n) is 5.63. The molecule has 0 radical (unpaired) electrons. The summed E-state index contributed by atoms with van der Waals surface area (Å²) in [6, 6.07) is 13.3. The van der Waals surface area contributed by atoms with Crippen LogP contribution < -0.4 is 0 Å². The van der Waals surface area contributed by atoms with Gasteiger partial charge >= 0.3 is 0 Å². The van der Waals surface area contributed by atoms with E-state index in [9.17, 15) is 5.11 Å². The third kappa shape index (κ3) is 1.97. The number of hydrogen-bond donors (Lipinski definition) is 1. The van der Waals surface area contributed by atoms with Crippen LogP contribution in [0.3, 0.4) is 0 Å². The number of amidine groups is 1. The summed E-state index contributed by atoms with van der Waals surface area (Å²) in [5, 5.41) is 12.5. The van der Waals surface area contributed by atoms with E-state index in [1.165, 1.54) is 0 Å². The van der Waals surface area contributed by atoms with Crippen molar-refractivity contribution in [2.75, 3.05) is 13.1 Å². The molecule has 1 atom stereocenters. The number of benzene rings is 2. The van der Waals surface area contributed by atoms with Gasteiger partial charge in [0, 0.05) is 29.1 Å². The molecular formula is C17H14Cl2N2O. The lowest BCUT2D eigenvalue weighted by atomic mass is 9.86. The summed E-state index contributed by atoms with van der Waals surface area (Å²) in [6.07, 6.45) is 0.476. The van der Waals surface area contributed by atoms with Crippen LogP contribution in [0.25, 0.3) is 0 Å². The SMILES string of the molecule is O[C@@]1(c2ccc(Cl)cc2Cl)Cc2ccccc2C2=NCCN21. The van der Waals surface area contributed by atoms with Crippen molar-refractivity contribution in [3.05, 3.63) is 69.2 Å². The van der Waals surface area contributed by atoms with Crippen LogP contribution in [-0.2, 0) is 12.1 Å². The summed E-state index contributed by atoms with van der Waals surface area (Å²) in [7, 11) is 0. The highest BCUT2D eigenvalue weighted by Crippen LogP contribution is 2.41. The first kappa shape index (κ1) is 14.1. The fraction of sp³-hybridized carbons (Fsp3) is 0.235. The van der Waals surface area contributed by atoms with Crippen LogP contribution in [-0.4, -0.2) is 28.9 Å². The second kappa shape index (κ2) is 4.98. The maximum absolute atomic E-state index is 11.4. The highest BCUT2D eigenvalue weighted by molar-refractivity contribution is 6.35. The van der Waals surface area contributed by atoms with Crippen LogP contribution in [0, 0.1) is 0 Å². The molecule has 0 saturated carbocycles. The molecule has 2 aliphatic heterocycles. The van der Waals surface area contributed by atoms with Gasteiger partial charge in [0.25, 0.3) is 0 Å². The molecule has 0 fully saturated rings. The Morgan fingerprint density at radius 2 is 1.95 bits per heavy atom. The Labute approximate surface area is 138 Å². The molecule has 2 aromatic carbocycles. The predicted octanol–water partition coefficient (Wildman–Crippen LogP) is 3.46. The highest BCUT2D eigenvalue weighted by atomic mass is 35.5. The van der Waals surface area contributed by atoms with Gasteiger partial charge in [-0.05, 0) is 17.7 Å². The standard InChI is InChI=1S/C17H14Cl2N2O/c18-12-5-6-14(15(19)9-12)17(22)10-11-3-1-2-4-13(11)16-20-7-8-21(16)17/h1-6,9,22H,7-8,10H2/t17-/m1/s1. The van der Waals surface area contributed by atoms with Gasteiger partial charge in [0.05, 0.1) is 11.6 Å². The number of nitrogens with zero attached hydrogens (tertiary/aromatic N) is 2. The zero-order valence-electron chi connectivity index (χ0n) is 11.8. The van der Waals surface area contributed by atoms with Crippen molar-refractivity contribution in [1.29, 1.82) is 0 Å². The van der Waals surface area contributed by atoms with Gasteiger partial charge in [0.15, 0.2) is 5.72 Å². The number of rotatable bonds is 1. The fourth-order valence-corrected chi connectivity index (χ4v) is 3.91. The number of aliphatic hydroxyl groups is 1. The van der Waals surface area contributed by atoms with Crippen molar-refractivity contribution < 1.29 is 5.11 Å². The highest BCUT2D eigenvalue weighted by Gasteiger charge is 2.45. The monoisotopic (exact) mass is 332 g/mol. The Balaban J connectivity index is 1.90. The lowest BCUT2D eigenvalue weighted by Gasteiger charge is -2.44. The molecule has 1 N–H and O–H groups in total. The first-order chi connectivity index (χ1) is 10.6. The molecule has 0 unspecified atom stereocenters. The Hall–Kier alpha value is -1.55. The lowest BCUT2D eigenvalue weighted by molar-refractivity contribution is -0.0744. The third-order valence-corrected chi connectivity index (χ3v) is 4.89. The summed E-state index contributed by atoms with van der Waals surface area (Å²) in [4.78, 5) is 6.53. The second-order valence-corrected chi connectivity index (χ2v) is 6.48. The number of halogens is 2. The molecule has 0 aromatic heterocycles. The van der Waals surface area contributed by atoms with E-state index in [4.69, 9.17) is 23.2 Å². The van der Waals surface area contributed by atoms with Gasteiger partial charge in [-0.15, -0.1) is 0 Å². The van der Waals surface area contributed by atoms with E-state index in [1.54, 1.807) is 18.2 Å². The van der Waals surface area contributed by atoms with Crippen LogP contribution in [0.5, 0.6) is 0 Å². The quantitative estimate of drug-likeness (QED) is 0.868. The van der Waals surface area contributed by atoms with Gasteiger partial charge in [0.2, 0.25) is 0 Å². The molecule has 0 amide bonds. The van der Waals surface area contributed by atoms with Crippen LogP contribution in [0.15, 0.2) is 47.5 Å². The molecule has 0 aliphatic carbocycles. The van der Waals surface area contributed by atoms with Gasteiger partial charge in [-0.1, -0.05) is 53.5 Å². The van der Waals surface area contributed by atoms with E-state index in [-0.39, 0.29) is 0 Å². The fourth-order valence-electron chi connectivity index (χ4n) is 3.35. The first-order valence-corrected chi connectivity index (χ1v) is 7.93. The van der Waals surface area contributed by atoms with Crippen LogP contribution >= 0.6 is 23.2 Å². The van der Waals surface area contributed by atoms with Gasteiger partial charge in [-0.2, -0.15) is 0 Å². The molecule has 4 rings (SSSR count). The Kier molecular flexibility index (Phi) is 3.19. The van der Waals surface area contributed by atoms with E-state index in [1.807, 2.05) is 23.1 Å². The number of hydrogen-bond acceptors (Lipinski definition) is 3. The van der Waals surface area contributed by atoms with Crippen LogP contribution in [0.1, 0.15) is 16.7 Å². The molecule has 0 spiro atoms. The molecule has 0 saturated heterocycles. The van der Waals surface area contributed by atoms with Gasteiger partial charge in [-0.3, -0.25) is 4.99 Å². The number of aliphatic imine (C=N–C) groups is 1. The van der Waals surface area contributed by atoms with Crippen molar-refractivity contribution >= 4 is 29.0 Å². The summed E-state index contributed by atoms with van der Waals surface area (Å²) < 4.78 is 0. The molecule has 2 heterocycles. The van der Waals surface area contributed by atoms with Crippen molar-refractivity contribution in [3.63, 3.8) is 0 Å². The van der Waals surface area contributed by atoms with E-state index >= 15 is 0 Å². The number of fused-ring (bicyclic) bond motifs is 3. The normalized spacial score (nSPS) is 23.0.